The molecule has 1 heterocycles. The van der Waals surface area contributed by atoms with Crippen LogP contribution in [0.5, 0.6) is 0 Å². The molecule has 3 N–H and O–H groups in total. The Morgan fingerprint density at radius 2 is 1.94 bits per heavy atom. The van der Waals surface area contributed by atoms with E-state index in [4.69, 9.17) is 5.73 Å². The Kier molecular flexibility index (Phi) is 3.62. The van der Waals surface area contributed by atoms with Crippen LogP contribution in [0, 0.1) is 19.8 Å². The van der Waals surface area contributed by atoms with Crippen molar-refractivity contribution in [3.05, 3.63) is 34.9 Å². The van der Waals surface area contributed by atoms with E-state index in [-0.39, 0.29) is 0 Å². The van der Waals surface area contributed by atoms with Crippen molar-refractivity contribution in [2.24, 2.45) is 11.7 Å². The van der Waals surface area contributed by atoms with Crippen molar-refractivity contribution in [2.75, 3.05) is 13.1 Å². The zero-order chi connectivity index (χ0) is 11.5. The van der Waals surface area contributed by atoms with Gasteiger partial charge in [0.05, 0.1) is 0 Å². The Balaban J connectivity index is 2.08. The highest BCUT2D eigenvalue weighted by Crippen LogP contribution is 2.19. The summed E-state index contributed by atoms with van der Waals surface area (Å²) in [4.78, 5) is 0. The quantitative estimate of drug-likeness (QED) is 0.811. The SMILES string of the molecule is Cc1cc(C)cc(CC2NCCC2CN)c1. The minimum atomic E-state index is 0.575. The number of hydrogen-bond donors (Lipinski definition) is 2. The first-order valence-electron chi connectivity index (χ1n) is 6.19. The zero-order valence-corrected chi connectivity index (χ0v) is 10.3. The van der Waals surface area contributed by atoms with Crippen molar-refractivity contribution < 1.29 is 0 Å². The van der Waals surface area contributed by atoms with Crippen LogP contribution in [0.4, 0.5) is 0 Å². The maximum absolute atomic E-state index is 5.80. The van der Waals surface area contributed by atoms with Gasteiger partial charge in [0, 0.05) is 6.04 Å². The van der Waals surface area contributed by atoms with E-state index in [0.29, 0.717) is 12.0 Å². The van der Waals surface area contributed by atoms with Crippen molar-refractivity contribution in [3.63, 3.8) is 0 Å². The number of rotatable bonds is 3. The van der Waals surface area contributed by atoms with Crippen molar-refractivity contribution in [1.29, 1.82) is 0 Å². The van der Waals surface area contributed by atoms with E-state index in [0.717, 1.165) is 19.5 Å². The monoisotopic (exact) mass is 218 g/mol. The molecular formula is C14H22N2. The van der Waals surface area contributed by atoms with Crippen molar-refractivity contribution in [3.8, 4) is 0 Å². The maximum Gasteiger partial charge on any atom is 0.0148 e. The number of benzene rings is 1. The van der Waals surface area contributed by atoms with Gasteiger partial charge in [0.1, 0.15) is 0 Å². The molecule has 0 spiro atoms. The molecular weight excluding hydrogens is 196 g/mol. The smallest absolute Gasteiger partial charge is 0.0148 e. The molecule has 16 heavy (non-hydrogen) atoms. The van der Waals surface area contributed by atoms with Gasteiger partial charge in [-0.1, -0.05) is 29.3 Å². The average molecular weight is 218 g/mol. The highest BCUT2D eigenvalue weighted by Gasteiger charge is 2.25. The third kappa shape index (κ3) is 2.63. The zero-order valence-electron chi connectivity index (χ0n) is 10.3. The molecule has 88 valence electrons. The van der Waals surface area contributed by atoms with Crippen molar-refractivity contribution in [2.45, 2.75) is 32.7 Å². The highest BCUT2D eigenvalue weighted by atomic mass is 15.0. The molecule has 0 aliphatic carbocycles. The fourth-order valence-corrected chi connectivity index (χ4v) is 2.78. The summed E-state index contributed by atoms with van der Waals surface area (Å²) in [5.74, 6) is 0.654. The highest BCUT2D eigenvalue weighted by molar-refractivity contribution is 5.29. The van der Waals surface area contributed by atoms with Gasteiger partial charge >= 0.3 is 0 Å². The summed E-state index contributed by atoms with van der Waals surface area (Å²) in [5.41, 5.74) is 9.96. The Morgan fingerprint density at radius 1 is 1.25 bits per heavy atom. The molecule has 2 rings (SSSR count). The number of hydrogen-bond acceptors (Lipinski definition) is 2. The third-order valence-electron chi connectivity index (χ3n) is 3.53. The Hall–Kier alpha value is -0.860. The average Bonchev–Trinajstić information content (AvgIpc) is 2.63. The molecule has 2 atom stereocenters. The first-order chi connectivity index (χ1) is 7.69. The summed E-state index contributed by atoms with van der Waals surface area (Å²) in [6.07, 6.45) is 2.34. The molecule has 1 fully saturated rings. The summed E-state index contributed by atoms with van der Waals surface area (Å²) in [6.45, 7) is 6.26. The summed E-state index contributed by atoms with van der Waals surface area (Å²) in [6, 6.07) is 7.39. The van der Waals surface area contributed by atoms with E-state index in [1.165, 1.54) is 23.1 Å². The standard InChI is InChI=1S/C14H22N2/c1-10-5-11(2)7-12(6-10)8-14-13(9-15)3-4-16-14/h5-7,13-14,16H,3-4,8-9,15H2,1-2H3. The van der Waals surface area contributed by atoms with Gasteiger partial charge in [-0.25, -0.2) is 0 Å². The topological polar surface area (TPSA) is 38.0 Å². The number of nitrogens with one attached hydrogen (secondary N) is 1. The van der Waals surface area contributed by atoms with E-state index >= 15 is 0 Å². The summed E-state index contributed by atoms with van der Waals surface area (Å²) >= 11 is 0. The Bertz CT molecular complexity index is 340. The van der Waals surface area contributed by atoms with E-state index in [1.54, 1.807) is 0 Å². The lowest BCUT2D eigenvalue weighted by Crippen LogP contribution is -2.33. The summed E-state index contributed by atoms with van der Waals surface area (Å²) < 4.78 is 0. The van der Waals surface area contributed by atoms with Crippen LogP contribution in [-0.2, 0) is 6.42 Å². The lowest BCUT2D eigenvalue weighted by atomic mass is 9.93. The van der Waals surface area contributed by atoms with Crippen LogP contribution < -0.4 is 11.1 Å². The maximum atomic E-state index is 5.80. The molecule has 0 radical (unpaired) electrons. The molecule has 0 bridgehead atoms. The lowest BCUT2D eigenvalue weighted by Gasteiger charge is -2.18. The van der Waals surface area contributed by atoms with E-state index in [1.807, 2.05) is 0 Å². The molecule has 0 aromatic heterocycles. The van der Waals surface area contributed by atoms with E-state index in [2.05, 4.69) is 37.4 Å². The fourth-order valence-electron chi connectivity index (χ4n) is 2.78. The van der Waals surface area contributed by atoms with Crippen LogP contribution >= 0.6 is 0 Å². The predicted octanol–water partition coefficient (Wildman–Crippen LogP) is 1.78. The van der Waals surface area contributed by atoms with Gasteiger partial charge in [-0.15, -0.1) is 0 Å². The molecule has 2 unspecified atom stereocenters. The molecule has 2 nitrogen and oxygen atoms in total. The first kappa shape index (κ1) is 11.6. The second-order valence-corrected chi connectivity index (χ2v) is 5.05. The molecule has 2 heteroatoms. The molecule has 0 saturated carbocycles. The molecule has 0 amide bonds. The predicted molar refractivity (Wildman–Crippen MR) is 68.6 cm³/mol. The number of aryl methyl sites for hydroxylation is 2. The van der Waals surface area contributed by atoms with Gasteiger partial charge in [-0.05, 0) is 51.3 Å². The van der Waals surface area contributed by atoms with Gasteiger partial charge < -0.3 is 11.1 Å². The lowest BCUT2D eigenvalue weighted by molar-refractivity contribution is 0.453. The van der Waals surface area contributed by atoms with Crippen LogP contribution in [0.3, 0.4) is 0 Å². The van der Waals surface area contributed by atoms with Gasteiger partial charge in [0.15, 0.2) is 0 Å². The van der Waals surface area contributed by atoms with E-state index in [9.17, 15) is 0 Å². The van der Waals surface area contributed by atoms with Gasteiger partial charge in [0.2, 0.25) is 0 Å². The summed E-state index contributed by atoms with van der Waals surface area (Å²) in [7, 11) is 0. The normalized spacial score (nSPS) is 24.9. The minimum absolute atomic E-state index is 0.575. The number of nitrogens with two attached hydrogens (primary N) is 1. The molecule has 1 aliphatic heterocycles. The van der Waals surface area contributed by atoms with Crippen LogP contribution in [0.25, 0.3) is 0 Å². The third-order valence-corrected chi connectivity index (χ3v) is 3.53. The molecule has 1 aromatic carbocycles. The van der Waals surface area contributed by atoms with E-state index < -0.39 is 0 Å². The van der Waals surface area contributed by atoms with Crippen molar-refractivity contribution in [1.82, 2.24) is 5.32 Å². The minimum Gasteiger partial charge on any atom is -0.330 e. The van der Waals surface area contributed by atoms with Crippen LogP contribution in [0.1, 0.15) is 23.1 Å². The Morgan fingerprint density at radius 3 is 2.56 bits per heavy atom. The largest absolute Gasteiger partial charge is 0.330 e. The van der Waals surface area contributed by atoms with Gasteiger partial charge in [-0.3, -0.25) is 0 Å². The van der Waals surface area contributed by atoms with Crippen LogP contribution in [-0.4, -0.2) is 19.1 Å². The van der Waals surface area contributed by atoms with Crippen LogP contribution in [0.15, 0.2) is 18.2 Å². The van der Waals surface area contributed by atoms with Crippen LogP contribution in [0.2, 0.25) is 0 Å². The van der Waals surface area contributed by atoms with Gasteiger partial charge in [-0.2, -0.15) is 0 Å². The fraction of sp³-hybridized carbons (Fsp3) is 0.571. The molecule has 1 saturated heterocycles. The second-order valence-electron chi connectivity index (χ2n) is 5.05. The van der Waals surface area contributed by atoms with Crippen molar-refractivity contribution >= 4 is 0 Å². The second kappa shape index (κ2) is 4.98. The van der Waals surface area contributed by atoms with Gasteiger partial charge in [0.25, 0.3) is 0 Å². The first-order valence-corrected chi connectivity index (χ1v) is 6.19. The summed E-state index contributed by atoms with van der Waals surface area (Å²) in [5, 5.41) is 3.57. The molecule has 1 aliphatic rings. The molecule has 1 aromatic rings. The Labute approximate surface area is 98.2 Å².